The van der Waals surface area contributed by atoms with Crippen LogP contribution in [0.3, 0.4) is 0 Å². The molecule has 3 heterocycles. The molecule has 1 aliphatic heterocycles. The van der Waals surface area contributed by atoms with Gasteiger partial charge in [0.25, 0.3) is 5.56 Å². The van der Waals surface area contributed by atoms with Crippen LogP contribution in [0.25, 0.3) is 5.65 Å². The Morgan fingerprint density at radius 3 is 2.64 bits per heavy atom. The molecule has 6 rings (SSSR count). The molecule has 2 aromatic heterocycles. The van der Waals surface area contributed by atoms with E-state index in [1.165, 1.54) is 50.6 Å². The lowest BCUT2D eigenvalue weighted by Gasteiger charge is -2.30. The van der Waals surface area contributed by atoms with Gasteiger partial charge in [-0.25, -0.2) is 0 Å². The number of hydrogen-bond donors (Lipinski definition) is 0. The van der Waals surface area contributed by atoms with Gasteiger partial charge in [-0.15, -0.1) is 10.2 Å². The number of aromatic nitrogens is 4. The van der Waals surface area contributed by atoms with Gasteiger partial charge in [-0.2, -0.15) is 0 Å². The lowest BCUT2D eigenvalue weighted by atomic mass is 9.85. The number of nitrogens with zero attached hydrogens (tertiary/aromatic N) is 4. The molecular weight excluding hydrogens is 316 g/mol. The van der Waals surface area contributed by atoms with Crippen LogP contribution in [-0.2, 0) is 29.7 Å². The van der Waals surface area contributed by atoms with Gasteiger partial charge in [-0.05, 0) is 50.4 Å². The van der Waals surface area contributed by atoms with Crippen molar-refractivity contribution in [3.8, 4) is 0 Å². The zero-order valence-corrected chi connectivity index (χ0v) is 14.5. The second-order valence-corrected chi connectivity index (χ2v) is 8.52. The molecule has 3 fully saturated rings. The van der Waals surface area contributed by atoms with Crippen LogP contribution in [0, 0.1) is 11.8 Å². The van der Waals surface area contributed by atoms with Crippen molar-refractivity contribution in [2.75, 3.05) is 6.61 Å². The highest BCUT2D eigenvalue weighted by molar-refractivity contribution is 5.43. The molecule has 6 heteroatoms. The van der Waals surface area contributed by atoms with Crippen molar-refractivity contribution in [1.29, 1.82) is 0 Å². The highest BCUT2D eigenvalue weighted by atomic mass is 16.5. The van der Waals surface area contributed by atoms with E-state index in [0.29, 0.717) is 24.8 Å². The maximum absolute atomic E-state index is 13.2. The van der Waals surface area contributed by atoms with Crippen LogP contribution in [-0.4, -0.2) is 25.8 Å². The van der Waals surface area contributed by atoms with Crippen LogP contribution in [0.2, 0.25) is 0 Å². The van der Waals surface area contributed by atoms with Crippen molar-refractivity contribution < 1.29 is 4.74 Å². The minimum absolute atomic E-state index is 0.0536. The summed E-state index contributed by atoms with van der Waals surface area (Å²) in [6.07, 6.45) is 9.59. The molecule has 0 unspecified atom stereocenters. The maximum atomic E-state index is 13.2. The third-order valence-electron chi connectivity index (χ3n) is 7.01. The zero-order valence-electron chi connectivity index (χ0n) is 14.5. The lowest BCUT2D eigenvalue weighted by molar-refractivity contribution is 0.101. The first-order valence-electron chi connectivity index (χ1n) is 9.86. The Morgan fingerprint density at radius 2 is 1.96 bits per heavy atom. The molecule has 6 nitrogen and oxygen atoms in total. The van der Waals surface area contributed by atoms with Gasteiger partial charge < -0.3 is 9.30 Å². The molecule has 25 heavy (non-hydrogen) atoms. The molecule has 2 aromatic rings. The fourth-order valence-electron chi connectivity index (χ4n) is 5.01. The lowest BCUT2D eigenvalue weighted by Crippen LogP contribution is -2.35. The summed E-state index contributed by atoms with van der Waals surface area (Å²) >= 11 is 0. The second-order valence-electron chi connectivity index (χ2n) is 8.52. The Labute approximate surface area is 146 Å². The number of ether oxygens (including phenoxy) is 1. The van der Waals surface area contributed by atoms with Gasteiger partial charge in [0.15, 0.2) is 0 Å². The summed E-state index contributed by atoms with van der Waals surface area (Å²) in [5.74, 6) is 2.44. The number of hydrogen-bond acceptors (Lipinski definition) is 4. The zero-order chi connectivity index (χ0) is 16.6. The number of fused-ring (bicyclic) bond motifs is 3. The molecule has 0 N–H and O–H groups in total. The number of rotatable bonds is 4. The van der Waals surface area contributed by atoms with E-state index in [2.05, 4.69) is 14.6 Å². The van der Waals surface area contributed by atoms with Crippen molar-refractivity contribution in [1.82, 2.24) is 19.2 Å². The molecular formula is C19H24N4O2. The highest BCUT2D eigenvalue weighted by Crippen LogP contribution is 2.61. The SMILES string of the molecule is O=c1c2nnc(C3(C4CC4)CC3)n2c2c(n1CC1CCC1)CCOC2. The molecule has 0 amide bonds. The predicted octanol–water partition coefficient (Wildman–Crippen LogP) is 2.21. The Balaban J connectivity index is 1.58. The average molecular weight is 340 g/mol. The monoisotopic (exact) mass is 340 g/mol. The van der Waals surface area contributed by atoms with Crippen LogP contribution in [0.5, 0.6) is 0 Å². The van der Waals surface area contributed by atoms with Gasteiger partial charge in [0.1, 0.15) is 5.82 Å². The van der Waals surface area contributed by atoms with E-state index < -0.39 is 0 Å². The molecule has 0 aromatic carbocycles. The standard InChI is InChI=1S/C19H24N4O2/c24-17-16-20-21-18(19(7-8-19)13-4-5-13)23(16)15-11-25-9-6-14(15)22(17)10-12-2-1-3-12/h12-13H,1-11H2. The van der Waals surface area contributed by atoms with Crippen LogP contribution in [0.15, 0.2) is 4.79 Å². The summed E-state index contributed by atoms with van der Waals surface area (Å²) in [6.45, 7) is 2.12. The summed E-state index contributed by atoms with van der Waals surface area (Å²) < 4.78 is 9.89. The van der Waals surface area contributed by atoms with Crippen LogP contribution >= 0.6 is 0 Å². The Bertz CT molecular complexity index is 916. The normalized spacial score (nSPS) is 25.0. The molecule has 0 bridgehead atoms. The van der Waals surface area contributed by atoms with Gasteiger partial charge in [0, 0.05) is 24.1 Å². The van der Waals surface area contributed by atoms with E-state index in [1.807, 2.05) is 4.57 Å². The predicted molar refractivity (Wildman–Crippen MR) is 91.6 cm³/mol. The first-order valence-corrected chi connectivity index (χ1v) is 9.86. The van der Waals surface area contributed by atoms with Gasteiger partial charge in [-0.1, -0.05) is 6.42 Å². The van der Waals surface area contributed by atoms with E-state index in [9.17, 15) is 4.79 Å². The minimum Gasteiger partial charge on any atom is -0.375 e. The van der Waals surface area contributed by atoms with Gasteiger partial charge in [-0.3, -0.25) is 9.20 Å². The van der Waals surface area contributed by atoms with Gasteiger partial charge in [0.2, 0.25) is 5.65 Å². The Morgan fingerprint density at radius 1 is 1.12 bits per heavy atom. The average Bonchev–Trinajstić information content (AvgIpc) is 3.50. The molecule has 0 spiro atoms. The minimum atomic E-state index is 0.0536. The molecule has 0 radical (unpaired) electrons. The molecule has 3 aliphatic carbocycles. The third-order valence-corrected chi connectivity index (χ3v) is 7.01. The summed E-state index contributed by atoms with van der Waals surface area (Å²) in [5, 5.41) is 8.94. The third kappa shape index (κ3) is 1.97. The molecule has 132 valence electrons. The van der Waals surface area contributed by atoms with E-state index in [4.69, 9.17) is 4.74 Å². The summed E-state index contributed by atoms with van der Waals surface area (Å²) in [6, 6.07) is 0. The van der Waals surface area contributed by atoms with Crippen LogP contribution in [0.1, 0.15) is 62.2 Å². The van der Waals surface area contributed by atoms with Crippen LogP contribution in [0.4, 0.5) is 0 Å². The van der Waals surface area contributed by atoms with E-state index in [-0.39, 0.29) is 11.0 Å². The topological polar surface area (TPSA) is 61.4 Å². The van der Waals surface area contributed by atoms with Crippen LogP contribution < -0.4 is 5.56 Å². The van der Waals surface area contributed by atoms with E-state index >= 15 is 0 Å². The highest BCUT2D eigenvalue weighted by Gasteiger charge is 2.58. The fourth-order valence-corrected chi connectivity index (χ4v) is 5.01. The largest absolute Gasteiger partial charge is 0.375 e. The Kier molecular flexibility index (Phi) is 2.86. The van der Waals surface area contributed by atoms with Gasteiger partial charge >= 0.3 is 0 Å². The van der Waals surface area contributed by atoms with E-state index in [1.54, 1.807) is 0 Å². The molecule has 0 atom stereocenters. The molecule has 3 saturated carbocycles. The summed E-state index contributed by atoms with van der Waals surface area (Å²) in [7, 11) is 0. The van der Waals surface area contributed by atoms with Crippen molar-refractivity contribution in [2.45, 2.75) is 69.9 Å². The first kappa shape index (κ1) is 14.5. The van der Waals surface area contributed by atoms with Crippen molar-refractivity contribution in [3.63, 3.8) is 0 Å². The fraction of sp³-hybridized carbons (Fsp3) is 0.737. The van der Waals surface area contributed by atoms with E-state index in [0.717, 1.165) is 30.4 Å². The van der Waals surface area contributed by atoms with Crippen molar-refractivity contribution in [2.24, 2.45) is 11.8 Å². The Hall–Kier alpha value is -1.69. The van der Waals surface area contributed by atoms with Crippen molar-refractivity contribution >= 4 is 5.65 Å². The second kappa shape index (κ2) is 4.93. The first-order chi connectivity index (χ1) is 12.3. The summed E-state index contributed by atoms with van der Waals surface area (Å²) in [5.41, 5.74) is 3.07. The molecule has 0 saturated heterocycles. The quantitative estimate of drug-likeness (QED) is 0.856. The summed E-state index contributed by atoms with van der Waals surface area (Å²) in [4.78, 5) is 13.2. The maximum Gasteiger partial charge on any atom is 0.296 e. The smallest absolute Gasteiger partial charge is 0.296 e. The van der Waals surface area contributed by atoms with Crippen molar-refractivity contribution in [3.05, 3.63) is 27.6 Å². The molecule has 4 aliphatic rings. The van der Waals surface area contributed by atoms with Gasteiger partial charge in [0.05, 0.1) is 18.9 Å².